The van der Waals surface area contributed by atoms with Crippen molar-refractivity contribution < 1.29 is 4.74 Å². The lowest BCUT2D eigenvalue weighted by Gasteiger charge is -2.11. The zero-order chi connectivity index (χ0) is 11.3. The van der Waals surface area contributed by atoms with Crippen LogP contribution in [-0.2, 0) is 0 Å². The van der Waals surface area contributed by atoms with Crippen molar-refractivity contribution in [1.82, 2.24) is 9.97 Å². The fraction of sp³-hybridized carbons (Fsp3) is 0.636. The van der Waals surface area contributed by atoms with Crippen LogP contribution in [0.5, 0.6) is 5.88 Å². The van der Waals surface area contributed by atoms with Gasteiger partial charge in [-0.3, -0.25) is 0 Å². The molecule has 1 heterocycles. The van der Waals surface area contributed by atoms with Gasteiger partial charge in [-0.15, -0.1) is 0 Å². The fourth-order valence-corrected chi connectivity index (χ4v) is 1.44. The number of nitrogen functional groups attached to an aromatic ring is 1. The molecule has 0 aliphatic heterocycles. The molecule has 0 aromatic carbocycles. The summed E-state index contributed by atoms with van der Waals surface area (Å²) in [6.45, 7) is 6.90. The largest absolute Gasteiger partial charge is 0.477 e. The first-order chi connectivity index (χ1) is 7.11. The van der Waals surface area contributed by atoms with Crippen LogP contribution in [-0.4, -0.2) is 16.6 Å². The fourth-order valence-electron chi connectivity index (χ4n) is 1.44. The summed E-state index contributed by atoms with van der Waals surface area (Å²) in [5.41, 5.74) is 6.36. The summed E-state index contributed by atoms with van der Waals surface area (Å²) in [6, 6.07) is 1.80. The molecule has 0 amide bonds. The second kappa shape index (κ2) is 5.53. The van der Waals surface area contributed by atoms with Gasteiger partial charge in [-0.1, -0.05) is 20.3 Å². The average molecular weight is 209 g/mol. The van der Waals surface area contributed by atoms with Crippen molar-refractivity contribution in [2.45, 2.75) is 33.6 Å². The molecule has 0 radical (unpaired) electrons. The Morgan fingerprint density at radius 3 is 2.80 bits per heavy atom. The number of nitrogens with two attached hydrogens (primary N) is 1. The van der Waals surface area contributed by atoms with Crippen molar-refractivity contribution in [2.75, 3.05) is 12.3 Å². The molecule has 84 valence electrons. The van der Waals surface area contributed by atoms with Crippen molar-refractivity contribution in [3.8, 4) is 5.88 Å². The Bertz CT molecular complexity index is 294. The number of rotatable bonds is 5. The summed E-state index contributed by atoms with van der Waals surface area (Å²) < 4.78 is 5.55. The van der Waals surface area contributed by atoms with Crippen molar-refractivity contribution >= 4 is 5.95 Å². The smallest absolute Gasteiger partial charge is 0.223 e. The Morgan fingerprint density at radius 1 is 1.47 bits per heavy atom. The van der Waals surface area contributed by atoms with Gasteiger partial charge in [-0.25, -0.2) is 4.98 Å². The van der Waals surface area contributed by atoms with Gasteiger partial charge >= 0.3 is 0 Å². The highest BCUT2D eigenvalue weighted by Gasteiger charge is 2.04. The van der Waals surface area contributed by atoms with Crippen LogP contribution in [0.3, 0.4) is 0 Å². The maximum atomic E-state index is 5.55. The second-order valence-electron chi connectivity index (χ2n) is 3.91. The number of ether oxygens (including phenoxy) is 1. The maximum Gasteiger partial charge on any atom is 0.223 e. The van der Waals surface area contributed by atoms with Crippen LogP contribution in [0.15, 0.2) is 6.07 Å². The van der Waals surface area contributed by atoms with E-state index in [0.717, 1.165) is 5.69 Å². The SMILES string of the molecule is CCCC(C)COc1cc(C)nc(N)n1. The van der Waals surface area contributed by atoms with E-state index in [9.17, 15) is 0 Å². The Morgan fingerprint density at radius 2 is 2.20 bits per heavy atom. The normalized spacial score (nSPS) is 12.5. The highest BCUT2D eigenvalue weighted by atomic mass is 16.5. The summed E-state index contributed by atoms with van der Waals surface area (Å²) in [5, 5.41) is 0. The summed E-state index contributed by atoms with van der Waals surface area (Å²) in [5.74, 6) is 1.39. The Hall–Kier alpha value is -1.32. The molecule has 0 saturated carbocycles. The zero-order valence-electron chi connectivity index (χ0n) is 9.66. The lowest BCUT2D eigenvalue weighted by Crippen LogP contribution is -2.10. The third-order valence-electron chi connectivity index (χ3n) is 2.15. The number of aromatic nitrogens is 2. The van der Waals surface area contributed by atoms with E-state index in [4.69, 9.17) is 10.5 Å². The molecule has 2 N–H and O–H groups in total. The van der Waals surface area contributed by atoms with Gasteiger partial charge in [0.15, 0.2) is 0 Å². The van der Waals surface area contributed by atoms with Crippen LogP contribution in [0.25, 0.3) is 0 Å². The number of hydrogen-bond acceptors (Lipinski definition) is 4. The molecular formula is C11H19N3O. The minimum Gasteiger partial charge on any atom is -0.477 e. The quantitative estimate of drug-likeness (QED) is 0.807. The van der Waals surface area contributed by atoms with Gasteiger partial charge in [-0.2, -0.15) is 4.98 Å². The first-order valence-corrected chi connectivity index (χ1v) is 5.35. The predicted octanol–water partition coefficient (Wildman–Crippen LogP) is 2.18. The summed E-state index contributed by atoms with van der Waals surface area (Å²) >= 11 is 0. The maximum absolute atomic E-state index is 5.55. The molecule has 15 heavy (non-hydrogen) atoms. The average Bonchev–Trinajstić information content (AvgIpc) is 2.14. The molecule has 0 spiro atoms. The number of nitrogens with zero attached hydrogens (tertiary/aromatic N) is 2. The van der Waals surface area contributed by atoms with Gasteiger partial charge in [0.1, 0.15) is 0 Å². The van der Waals surface area contributed by atoms with E-state index in [0.29, 0.717) is 18.4 Å². The zero-order valence-corrected chi connectivity index (χ0v) is 9.66. The van der Waals surface area contributed by atoms with Crippen molar-refractivity contribution in [3.05, 3.63) is 11.8 Å². The van der Waals surface area contributed by atoms with Crippen LogP contribution in [0.2, 0.25) is 0 Å². The van der Waals surface area contributed by atoms with Gasteiger partial charge in [-0.05, 0) is 19.3 Å². The molecule has 1 unspecified atom stereocenters. The molecule has 0 bridgehead atoms. The van der Waals surface area contributed by atoms with Gasteiger partial charge in [0, 0.05) is 11.8 Å². The van der Waals surface area contributed by atoms with Crippen molar-refractivity contribution in [3.63, 3.8) is 0 Å². The molecule has 0 saturated heterocycles. The molecule has 0 aliphatic carbocycles. The molecule has 0 fully saturated rings. The first kappa shape index (κ1) is 11.8. The van der Waals surface area contributed by atoms with E-state index < -0.39 is 0 Å². The van der Waals surface area contributed by atoms with Gasteiger partial charge in [0.05, 0.1) is 6.61 Å². The van der Waals surface area contributed by atoms with E-state index >= 15 is 0 Å². The van der Waals surface area contributed by atoms with Gasteiger partial charge in [0.2, 0.25) is 11.8 Å². The molecule has 1 aromatic rings. The molecule has 1 aromatic heterocycles. The number of hydrogen-bond donors (Lipinski definition) is 1. The Balaban J connectivity index is 2.50. The van der Waals surface area contributed by atoms with E-state index in [-0.39, 0.29) is 5.95 Å². The molecule has 1 rings (SSSR count). The minimum absolute atomic E-state index is 0.271. The van der Waals surface area contributed by atoms with Crippen LogP contribution in [0, 0.1) is 12.8 Å². The number of aryl methyl sites for hydroxylation is 1. The first-order valence-electron chi connectivity index (χ1n) is 5.35. The standard InChI is InChI=1S/C11H19N3O/c1-4-5-8(2)7-15-10-6-9(3)13-11(12)14-10/h6,8H,4-5,7H2,1-3H3,(H2,12,13,14). The van der Waals surface area contributed by atoms with E-state index in [1.165, 1.54) is 12.8 Å². The third-order valence-corrected chi connectivity index (χ3v) is 2.15. The molecule has 1 atom stereocenters. The van der Waals surface area contributed by atoms with E-state index in [2.05, 4.69) is 23.8 Å². The third kappa shape index (κ3) is 4.14. The van der Waals surface area contributed by atoms with Crippen LogP contribution >= 0.6 is 0 Å². The summed E-state index contributed by atoms with van der Waals surface area (Å²) in [6.07, 6.45) is 2.34. The number of anilines is 1. The molecule has 0 aliphatic rings. The monoisotopic (exact) mass is 209 g/mol. The van der Waals surface area contributed by atoms with Crippen molar-refractivity contribution in [2.24, 2.45) is 5.92 Å². The van der Waals surface area contributed by atoms with E-state index in [1.807, 2.05) is 6.92 Å². The summed E-state index contributed by atoms with van der Waals surface area (Å²) in [7, 11) is 0. The summed E-state index contributed by atoms with van der Waals surface area (Å²) in [4.78, 5) is 7.99. The lowest BCUT2D eigenvalue weighted by atomic mass is 10.1. The molecule has 4 heteroatoms. The highest BCUT2D eigenvalue weighted by Crippen LogP contribution is 2.12. The molecular weight excluding hydrogens is 190 g/mol. The second-order valence-corrected chi connectivity index (χ2v) is 3.91. The van der Waals surface area contributed by atoms with Crippen LogP contribution in [0.4, 0.5) is 5.95 Å². The topological polar surface area (TPSA) is 61.0 Å². The van der Waals surface area contributed by atoms with Crippen LogP contribution in [0.1, 0.15) is 32.4 Å². The molecule has 4 nitrogen and oxygen atoms in total. The highest BCUT2D eigenvalue weighted by molar-refractivity contribution is 5.25. The van der Waals surface area contributed by atoms with Gasteiger partial charge < -0.3 is 10.5 Å². The predicted molar refractivity (Wildman–Crippen MR) is 60.7 cm³/mol. The Kier molecular flexibility index (Phi) is 4.34. The van der Waals surface area contributed by atoms with Gasteiger partial charge in [0.25, 0.3) is 0 Å². The van der Waals surface area contributed by atoms with E-state index in [1.54, 1.807) is 6.07 Å². The van der Waals surface area contributed by atoms with Crippen molar-refractivity contribution in [1.29, 1.82) is 0 Å². The lowest BCUT2D eigenvalue weighted by molar-refractivity contribution is 0.243. The minimum atomic E-state index is 0.271. The Labute approximate surface area is 90.9 Å². The van der Waals surface area contributed by atoms with Crippen LogP contribution < -0.4 is 10.5 Å².